The Morgan fingerprint density at radius 3 is 2.58 bits per heavy atom. The molecular formula is C25H21FN2O4S. The van der Waals surface area contributed by atoms with E-state index in [1.54, 1.807) is 19.1 Å². The molecule has 0 radical (unpaired) electrons. The lowest BCUT2D eigenvalue weighted by Gasteiger charge is -2.07. The Morgan fingerprint density at radius 2 is 1.85 bits per heavy atom. The normalized spacial score (nSPS) is 11.6. The van der Waals surface area contributed by atoms with Crippen LogP contribution in [0.15, 0.2) is 64.0 Å². The maximum atomic E-state index is 13.2. The first-order valence-electron chi connectivity index (χ1n) is 10.3. The quantitative estimate of drug-likeness (QED) is 0.372. The van der Waals surface area contributed by atoms with E-state index in [2.05, 4.69) is 10.3 Å². The number of nitrogens with one attached hydrogen (secondary N) is 1. The zero-order valence-corrected chi connectivity index (χ0v) is 19.1. The summed E-state index contributed by atoms with van der Waals surface area (Å²) in [4.78, 5) is 31.2. The maximum absolute atomic E-state index is 13.2. The Morgan fingerprint density at radius 1 is 1.12 bits per heavy atom. The summed E-state index contributed by atoms with van der Waals surface area (Å²) in [5.41, 5.74) is 2.33. The predicted molar refractivity (Wildman–Crippen MR) is 126 cm³/mol. The fraction of sp³-hybridized carbons (Fsp3) is 0.160. The SMILES string of the molecule is CCOC(=O)c1c(/N=c2\oc3ccccc3cc2C(=O)Nc2ccc(F)cc2)sc(C)c1C. The molecule has 168 valence electrons. The molecular weight excluding hydrogens is 443 g/mol. The van der Waals surface area contributed by atoms with Crippen molar-refractivity contribution in [3.8, 4) is 0 Å². The molecule has 0 atom stereocenters. The zero-order valence-electron chi connectivity index (χ0n) is 18.3. The van der Waals surface area contributed by atoms with Gasteiger partial charge in [0.2, 0.25) is 5.55 Å². The van der Waals surface area contributed by atoms with Gasteiger partial charge in [0, 0.05) is 16.0 Å². The van der Waals surface area contributed by atoms with Crippen molar-refractivity contribution in [1.29, 1.82) is 0 Å². The van der Waals surface area contributed by atoms with E-state index in [0.29, 0.717) is 27.2 Å². The highest BCUT2D eigenvalue weighted by atomic mass is 32.1. The number of thiophene rings is 1. The summed E-state index contributed by atoms with van der Waals surface area (Å²) < 4.78 is 24.4. The lowest BCUT2D eigenvalue weighted by molar-refractivity contribution is 0.0527. The van der Waals surface area contributed by atoms with Crippen LogP contribution in [-0.2, 0) is 4.74 Å². The van der Waals surface area contributed by atoms with Gasteiger partial charge in [-0.1, -0.05) is 18.2 Å². The first-order valence-corrected chi connectivity index (χ1v) is 11.1. The molecule has 0 fully saturated rings. The molecule has 0 spiro atoms. The van der Waals surface area contributed by atoms with Crippen molar-refractivity contribution in [3.63, 3.8) is 0 Å². The van der Waals surface area contributed by atoms with Gasteiger partial charge in [-0.3, -0.25) is 4.79 Å². The van der Waals surface area contributed by atoms with Crippen LogP contribution in [0.1, 0.15) is 38.1 Å². The number of anilines is 1. The Bertz CT molecular complexity index is 1420. The van der Waals surface area contributed by atoms with Crippen LogP contribution in [-0.4, -0.2) is 18.5 Å². The molecule has 0 aliphatic rings. The van der Waals surface area contributed by atoms with Gasteiger partial charge in [0.05, 0.1) is 12.2 Å². The van der Waals surface area contributed by atoms with Gasteiger partial charge < -0.3 is 14.5 Å². The summed E-state index contributed by atoms with van der Waals surface area (Å²) in [6.45, 7) is 5.69. The second kappa shape index (κ2) is 9.38. The van der Waals surface area contributed by atoms with Crippen molar-refractivity contribution in [3.05, 3.63) is 87.5 Å². The Kier molecular flexibility index (Phi) is 6.37. The fourth-order valence-electron chi connectivity index (χ4n) is 3.27. The van der Waals surface area contributed by atoms with E-state index in [-0.39, 0.29) is 17.7 Å². The van der Waals surface area contributed by atoms with E-state index < -0.39 is 17.7 Å². The Hall–Kier alpha value is -3.78. The molecule has 0 saturated heterocycles. The summed E-state index contributed by atoms with van der Waals surface area (Å²) in [5.74, 6) is -1.35. The van der Waals surface area contributed by atoms with E-state index in [1.807, 2.05) is 32.0 Å². The smallest absolute Gasteiger partial charge is 0.341 e. The maximum Gasteiger partial charge on any atom is 0.341 e. The molecule has 2 aromatic carbocycles. The molecule has 8 heteroatoms. The minimum atomic E-state index is -0.476. The highest BCUT2D eigenvalue weighted by Gasteiger charge is 2.22. The van der Waals surface area contributed by atoms with Gasteiger partial charge in [-0.25, -0.2) is 14.2 Å². The van der Waals surface area contributed by atoms with Crippen LogP contribution in [0.5, 0.6) is 0 Å². The van der Waals surface area contributed by atoms with Gasteiger partial charge in [0.15, 0.2) is 0 Å². The van der Waals surface area contributed by atoms with Gasteiger partial charge in [-0.05, 0) is 62.7 Å². The minimum absolute atomic E-state index is 0.0557. The molecule has 6 nitrogen and oxygen atoms in total. The number of carbonyl (C=O) groups is 2. The van der Waals surface area contributed by atoms with Gasteiger partial charge in [0.1, 0.15) is 22.0 Å². The van der Waals surface area contributed by atoms with E-state index >= 15 is 0 Å². The molecule has 1 N–H and O–H groups in total. The summed E-state index contributed by atoms with van der Waals surface area (Å²) >= 11 is 1.32. The van der Waals surface area contributed by atoms with E-state index in [9.17, 15) is 14.0 Å². The van der Waals surface area contributed by atoms with Crippen LogP contribution in [0, 0.1) is 19.7 Å². The average molecular weight is 465 g/mol. The van der Waals surface area contributed by atoms with Gasteiger partial charge in [-0.2, -0.15) is 0 Å². The molecule has 2 heterocycles. The van der Waals surface area contributed by atoms with E-state index in [0.717, 1.165) is 10.4 Å². The molecule has 0 unspecified atom stereocenters. The van der Waals surface area contributed by atoms with Crippen molar-refractivity contribution in [2.45, 2.75) is 20.8 Å². The van der Waals surface area contributed by atoms with Crippen molar-refractivity contribution in [2.24, 2.45) is 4.99 Å². The third-order valence-electron chi connectivity index (χ3n) is 5.05. The molecule has 33 heavy (non-hydrogen) atoms. The molecule has 0 aliphatic heterocycles. The number of rotatable bonds is 5. The largest absolute Gasteiger partial charge is 0.462 e. The van der Waals surface area contributed by atoms with Crippen LogP contribution in [0.25, 0.3) is 11.0 Å². The van der Waals surface area contributed by atoms with Crippen molar-refractivity contribution < 1.29 is 23.1 Å². The first kappa shape index (κ1) is 22.4. The number of fused-ring (bicyclic) bond motifs is 1. The van der Waals surface area contributed by atoms with Gasteiger partial charge in [-0.15, -0.1) is 11.3 Å². The highest BCUT2D eigenvalue weighted by Crippen LogP contribution is 2.35. The molecule has 4 aromatic rings. The number of aryl methyl sites for hydroxylation is 1. The number of halogens is 1. The second-order valence-electron chi connectivity index (χ2n) is 7.26. The van der Waals surface area contributed by atoms with Crippen LogP contribution in [0.2, 0.25) is 0 Å². The monoisotopic (exact) mass is 464 g/mol. The van der Waals surface area contributed by atoms with E-state index in [4.69, 9.17) is 9.15 Å². The predicted octanol–water partition coefficient (Wildman–Crippen LogP) is 5.91. The molecule has 0 saturated carbocycles. The third-order valence-corrected chi connectivity index (χ3v) is 6.15. The lowest BCUT2D eigenvalue weighted by Crippen LogP contribution is -2.21. The van der Waals surface area contributed by atoms with Crippen molar-refractivity contribution in [2.75, 3.05) is 11.9 Å². The molecule has 2 aromatic heterocycles. The van der Waals surface area contributed by atoms with Gasteiger partial charge >= 0.3 is 5.97 Å². The minimum Gasteiger partial charge on any atom is -0.462 e. The number of para-hydroxylation sites is 1. The second-order valence-corrected chi connectivity index (χ2v) is 8.46. The van der Waals surface area contributed by atoms with Gasteiger partial charge in [0.25, 0.3) is 5.91 Å². The van der Waals surface area contributed by atoms with Crippen LogP contribution < -0.4 is 10.9 Å². The average Bonchev–Trinajstić information content (AvgIpc) is 3.08. The topological polar surface area (TPSA) is 80.9 Å². The van der Waals surface area contributed by atoms with Crippen molar-refractivity contribution in [1.82, 2.24) is 0 Å². The Balaban J connectivity index is 1.88. The third kappa shape index (κ3) is 4.70. The number of hydrogen-bond donors (Lipinski definition) is 1. The number of benzene rings is 2. The zero-order chi connectivity index (χ0) is 23.5. The van der Waals surface area contributed by atoms with Crippen molar-refractivity contribution >= 4 is 44.9 Å². The number of hydrogen-bond acceptors (Lipinski definition) is 6. The van der Waals surface area contributed by atoms with Crippen LogP contribution in [0.3, 0.4) is 0 Å². The van der Waals surface area contributed by atoms with Crippen LogP contribution in [0.4, 0.5) is 15.1 Å². The van der Waals surface area contributed by atoms with E-state index in [1.165, 1.54) is 35.6 Å². The number of carbonyl (C=O) groups excluding carboxylic acids is 2. The molecule has 0 bridgehead atoms. The summed E-state index contributed by atoms with van der Waals surface area (Å²) in [6, 6.07) is 14.4. The lowest BCUT2D eigenvalue weighted by atomic mass is 10.1. The standard InChI is InChI=1S/C25H21FN2O4S/c1-4-31-25(30)21-14(2)15(3)33-24(21)28-23-19(13-16-7-5-6-8-20(16)32-23)22(29)27-18-11-9-17(26)10-12-18/h5-13H,4H2,1-3H3,(H,27,29)/b28-23-. The fourth-order valence-corrected chi connectivity index (χ4v) is 4.28. The Labute approximate surface area is 193 Å². The summed E-state index contributed by atoms with van der Waals surface area (Å²) in [6.07, 6.45) is 0. The molecule has 1 amide bonds. The molecule has 4 rings (SSSR count). The first-order chi connectivity index (χ1) is 15.9. The highest BCUT2D eigenvalue weighted by molar-refractivity contribution is 7.16. The summed E-state index contributed by atoms with van der Waals surface area (Å²) in [7, 11) is 0. The number of nitrogens with zero attached hydrogens (tertiary/aromatic N) is 1. The molecule has 0 aliphatic carbocycles. The number of ether oxygens (including phenoxy) is 1. The summed E-state index contributed by atoms with van der Waals surface area (Å²) in [5, 5.41) is 3.85. The number of esters is 1. The number of amides is 1. The van der Waals surface area contributed by atoms with Crippen LogP contribution >= 0.6 is 11.3 Å².